The maximum Gasteiger partial charge on any atom is 0.227 e. The van der Waals surface area contributed by atoms with Crippen molar-refractivity contribution >= 4 is 65.8 Å². The van der Waals surface area contributed by atoms with Gasteiger partial charge in [0.2, 0.25) is 11.8 Å². The van der Waals surface area contributed by atoms with E-state index in [1.807, 2.05) is 120 Å². The molecule has 0 atom stereocenters. The predicted octanol–water partition coefficient (Wildman–Crippen LogP) is 7.31. The molecular formula is C36H22N4O4. The summed E-state index contributed by atoms with van der Waals surface area (Å²) < 4.78 is 15.9. The van der Waals surface area contributed by atoms with Gasteiger partial charge in [0.05, 0.1) is 22.1 Å². The third-order valence-electron chi connectivity index (χ3n) is 8.61. The normalized spacial score (nSPS) is 12.0. The average molecular weight is 575 g/mol. The molecule has 0 amide bonds. The van der Waals surface area contributed by atoms with Crippen LogP contribution in [0.1, 0.15) is 0 Å². The smallest absolute Gasteiger partial charge is 0.227 e. The average Bonchev–Trinajstić information content (AvgIpc) is 3.70. The number of aryl methyl sites for hydroxylation is 2. The topological polar surface area (TPSA) is 96.1 Å². The Hall–Kier alpha value is -6.02. The Kier molecular flexibility index (Phi) is 4.88. The molecule has 0 unspecified atom stereocenters. The number of rotatable bonds is 2. The molecule has 5 aromatic carbocycles. The van der Waals surface area contributed by atoms with Gasteiger partial charge in [-0.3, -0.25) is 9.59 Å². The van der Waals surface area contributed by atoms with Crippen molar-refractivity contribution in [2.24, 2.45) is 14.1 Å². The Morgan fingerprint density at radius 3 is 1.34 bits per heavy atom. The van der Waals surface area contributed by atoms with Crippen LogP contribution in [0.25, 0.3) is 88.7 Å². The van der Waals surface area contributed by atoms with Crippen LogP contribution in [0, 0.1) is 0 Å². The zero-order valence-corrected chi connectivity index (χ0v) is 23.7. The van der Waals surface area contributed by atoms with Crippen molar-refractivity contribution in [1.29, 1.82) is 0 Å². The number of benzene rings is 5. The maximum absolute atomic E-state index is 14.0. The molecule has 0 fully saturated rings. The molecule has 9 aromatic rings. The second-order valence-corrected chi connectivity index (χ2v) is 11.1. The number of pyridine rings is 2. The Bertz CT molecular complexity index is 2540. The first-order valence-electron chi connectivity index (χ1n) is 14.2. The van der Waals surface area contributed by atoms with Crippen LogP contribution in [-0.4, -0.2) is 19.1 Å². The molecule has 44 heavy (non-hydrogen) atoms. The quantitative estimate of drug-likeness (QED) is 0.201. The highest BCUT2D eigenvalue weighted by Crippen LogP contribution is 2.31. The first-order chi connectivity index (χ1) is 21.4. The van der Waals surface area contributed by atoms with Gasteiger partial charge in [0.1, 0.15) is 11.0 Å². The lowest BCUT2D eigenvalue weighted by Gasteiger charge is -2.15. The molecule has 0 radical (unpaired) electrons. The van der Waals surface area contributed by atoms with Gasteiger partial charge >= 0.3 is 0 Å². The van der Waals surface area contributed by atoms with Crippen LogP contribution in [-0.2, 0) is 14.1 Å². The summed E-state index contributed by atoms with van der Waals surface area (Å²) in [5.74, 6) is 0.916. The lowest BCUT2D eigenvalue weighted by atomic mass is 10.0. The standard InChI is InChI=1S/C36H22N4O4/c1-39-27-13-11-19(35-37-25-7-3-5-9-31(25)43-35)15-21(27)33(41)23-18-30-24(17-29(23)39)34(42)22-16-20(12-14-28(22)40(30)2)36-38-26-8-4-6-10-32(26)44-36/h3-18H,1-2H3. The van der Waals surface area contributed by atoms with E-state index in [1.54, 1.807) is 0 Å². The van der Waals surface area contributed by atoms with E-state index < -0.39 is 0 Å². The molecule has 0 aliphatic rings. The molecule has 0 aliphatic carbocycles. The van der Waals surface area contributed by atoms with E-state index in [0.29, 0.717) is 55.5 Å². The first-order valence-corrected chi connectivity index (χ1v) is 14.2. The Balaban J connectivity index is 1.27. The van der Waals surface area contributed by atoms with E-state index in [1.165, 1.54) is 0 Å². The molecule has 0 spiro atoms. The highest BCUT2D eigenvalue weighted by molar-refractivity contribution is 6.04. The van der Waals surface area contributed by atoms with Crippen LogP contribution in [0.3, 0.4) is 0 Å². The summed E-state index contributed by atoms with van der Waals surface area (Å²) in [6.07, 6.45) is 0. The van der Waals surface area contributed by atoms with Gasteiger partial charge in [-0.1, -0.05) is 24.3 Å². The summed E-state index contributed by atoms with van der Waals surface area (Å²) in [6, 6.07) is 30.1. The van der Waals surface area contributed by atoms with Gasteiger partial charge in [0.25, 0.3) is 0 Å². The van der Waals surface area contributed by atoms with Gasteiger partial charge in [0.15, 0.2) is 22.0 Å². The van der Waals surface area contributed by atoms with E-state index in [4.69, 9.17) is 8.83 Å². The largest absolute Gasteiger partial charge is 0.436 e. The molecule has 0 N–H and O–H groups in total. The number of fused-ring (bicyclic) bond motifs is 6. The molecule has 210 valence electrons. The fourth-order valence-corrected chi connectivity index (χ4v) is 6.32. The number of aromatic nitrogens is 4. The Labute approximate surface area is 248 Å². The first kappa shape index (κ1) is 24.6. The molecule has 0 bridgehead atoms. The van der Waals surface area contributed by atoms with Crippen LogP contribution in [0.4, 0.5) is 0 Å². The van der Waals surface area contributed by atoms with Crippen molar-refractivity contribution in [3.05, 3.63) is 118 Å². The van der Waals surface area contributed by atoms with Crippen molar-refractivity contribution in [2.75, 3.05) is 0 Å². The summed E-state index contributed by atoms with van der Waals surface area (Å²) in [5.41, 5.74) is 6.95. The van der Waals surface area contributed by atoms with Crippen molar-refractivity contribution in [3.8, 4) is 22.9 Å². The molecule has 8 nitrogen and oxygen atoms in total. The van der Waals surface area contributed by atoms with Crippen molar-refractivity contribution in [2.45, 2.75) is 0 Å². The van der Waals surface area contributed by atoms with Crippen molar-refractivity contribution in [3.63, 3.8) is 0 Å². The highest BCUT2D eigenvalue weighted by Gasteiger charge is 2.18. The molecule has 8 heteroatoms. The zero-order chi connectivity index (χ0) is 29.7. The molecule has 9 rings (SSSR count). The predicted molar refractivity (Wildman–Crippen MR) is 173 cm³/mol. The summed E-state index contributed by atoms with van der Waals surface area (Å²) >= 11 is 0. The molecule has 0 saturated carbocycles. The highest BCUT2D eigenvalue weighted by atomic mass is 16.4. The molecular weight excluding hydrogens is 552 g/mol. The number of hydrogen-bond donors (Lipinski definition) is 0. The Morgan fingerprint density at radius 2 is 0.909 bits per heavy atom. The van der Waals surface area contributed by atoms with E-state index in [-0.39, 0.29) is 10.9 Å². The van der Waals surface area contributed by atoms with Gasteiger partial charge in [-0.25, -0.2) is 9.97 Å². The Morgan fingerprint density at radius 1 is 0.500 bits per heavy atom. The summed E-state index contributed by atoms with van der Waals surface area (Å²) in [4.78, 5) is 37.2. The minimum atomic E-state index is -0.119. The van der Waals surface area contributed by atoms with E-state index >= 15 is 0 Å². The molecule has 4 heterocycles. The van der Waals surface area contributed by atoms with Crippen LogP contribution in [0.15, 0.2) is 115 Å². The number of para-hydroxylation sites is 4. The lowest BCUT2D eigenvalue weighted by molar-refractivity contribution is 0.619. The van der Waals surface area contributed by atoms with E-state index in [9.17, 15) is 9.59 Å². The second-order valence-electron chi connectivity index (χ2n) is 11.1. The van der Waals surface area contributed by atoms with Gasteiger partial charge < -0.3 is 18.0 Å². The minimum Gasteiger partial charge on any atom is -0.436 e. The summed E-state index contributed by atoms with van der Waals surface area (Å²) in [7, 11) is 3.82. The monoisotopic (exact) mass is 574 g/mol. The second kappa shape index (κ2) is 8.75. The van der Waals surface area contributed by atoms with Crippen LogP contribution in [0.2, 0.25) is 0 Å². The molecule has 4 aromatic heterocycles. The fourth-order valence-electron chi connectivity index (χ4n) is 6.32. The number of hydrogen-bond acceptors (Lipinski definition) is 6. The fraction of sp³-hybridized carbons (Fsp3) is 0.0556. The van der Waals surface area contributed by atoms with Gasteiger partial charge in [0, 0.05) is 46.8 Å². The minimum absolute atomic E-state index is 0.119. The number of nitrogens with zero attached hydrogens (tertiary/aromatic N) is 4. The van der Waals surface area contributed by atoms with E-state index in [0.717, 1.165) is 33.2 Å². The summed E-state index contributed by atoms with van der Waals surface area (Å²) in [5, 5.41) is 2.15. The van der Waals surface area contributed by atoms with Crippen molar-refractivity contribution in [1.82, 2.24) is 19.1 Å². The lowest BCUT2D eigenvalue weighted by Crippen LogP contribution is -2.13. The maximum atomic E-state index is 14.0. The van der Waals surface area contributed by atoms with Crippen LogP contribution < -0.4 is 10.9 Å². The van der Waals surface area contributed by atoms with E-state index in [2.05, 4.69) is 9.97 Å². The SMILES string of the molecule is Cn1c2ccc(-c3nc4ccccc4o3)cc2c(=O)c2cc3c(cc21)c(=O)c1cc(-c2nc4ccccc4o2)ccc1n3C. The summed E-state index contributed by atoms with van der Waals surface area (Å²) in [6.45, 7) is 0. The molecule has 0 saturated heterocycles. The van der Waals surface area contributed by atoms with Crippen LogP contribution >= 0.6 is 0 Å². The van der Waals surface area contributed by atoms with Crippen molar-refractivity contribution < 1.29 is 8.83 Å². The van der Waals surface area contributed by atoms with Gasteiger partial charge in [-0.2, -0.15) is 0 Å². The number of oxazole rings is 2. The molecule has 0 aliphatic heterocycles. The third-order valence-corrected chi connectivity index (χ3v) is 8.61. The van der Waals surface area contributed by atoms with Gasteiger partial charge in [-0.05, 0) is 72.8 Å². The third kappa shape index (κ3) is 3.39. The zero-order valence-electron chi connectivity index (χ0n) is 23.7. The van der Waals surface area contributed by atoms with Gasteiger partial charge in [-0.15, -0.1) is 0 Å². The van der Waals surface area contributed by atoms with Crippen LogP contribution in [0.5, 0.6) is 0 Å².